The van der Waals surface area contributed by atoms with Crippen LogP contribution in [-0.2, 0) is 6.42 Å². The molecule has 0 aliphatic heterocycles. The number of hydrogen-bond donors (Lipinski definition) is 1. The van der Waals surface area contributed by atoms with E-state index in [4.69, 9.17) is 28.2 Å². The Morgan fingerprint density at radius 2 is 1.48 bits per heavy atom. The minimum Gasteiger partial charge on any atom is -0.352 e. The van der Waals surface area contributed by atoms with Crippen LogP contribution in [0, 0.1) is 6.92 Å². The van der Waals surface area contributed by atoms with Gasteiger partial charge in [0, 0.05) is 27.7 Å². The van der Waals surface area contributed by atoms with Crippen LogP contribution in [0.5, 0.6) is 0 Å². The third-order valence-electron chi connectivity index (χ3n) is 5.26. The van der Waals surface area contributed by atoms with Gasteiger partial charge in [-0.15, -0.1) is 0 Å². The number of aryl methyl sites for hydroxylation is 2. The zero-order valence-electron chi connectivity index (χ0n) is 18.2. The third kappa shape index (κ3) is 5.78. The van der Waals surface area contributed by atoms with E-state index in [-0.39, 0.29) is 5.91 Å². The maximum absolute atomic E-state index is 13.2. The molecule has 0 atom stereocenters. The minimum atomic E-state index is -0.216. The van der Waals surface area contributed by atoms with Crippen LogP contribution in [0.15, 0.2) is 78.9 Å². The Morgan fingerprint density at radius 1 is 0.848 bits per heavy atom. The van der Waals surface area contributed by atoms with Gasteiger partial charge in [-0.05, 0) is 43.5 Å². The lowest BCUT2D eigenvalue weighted by Gasteiger charge is -2.15. The van der Waals surface area contributed by atoms with E-state index in [1.807, 2.05) is 55.5 Å². The first kappa shape index (κ1) is 23.0. The fourth-order valence-corrected chi connectivity index (χ4v) is 4.21. The van der Waals surface area contributed by atoms with E-state index < -0.39 is 0 Å². The Kier molecular flexibility index (Phi) is 7.38. The van der Waals surface area contributed by atoms with Crippen molar-refractivity contribution in [2.45, 2.75) is 19.8 Å². The molecular formula is C27H23Cl2N3O. The molecule has 1 N–H and O–H groups in total. The Labute approximate surface area is 203 Å². The standard InChI is InChI=1S/C27H23Cl2N3O/c1-18-24(27(33)30-14-8-11-19-9-4-2-5-10-19)25(21-15-22(28)17-23(29)16-21)32-26(31-18)20-12-6-3-7-13-20/h2-7,9-10,12-13,15-17H,8,11,14H2,1H3,(H,30,33). The van der Waals surface area contributed by atoms with Gasteiger partial charge in [0.25, 0.3) is 5.91 Å². The topological polar surface area (TPSA) is 54.9 Å². The van der Waals surface area contributed by atoms with Crippen LogP contribution >= 0.6 is 23.2 Å². The van der Waals surface area contributed by atoms with E-state index in [0.29, 0.717) is 44.9 Å². The predicted molar refractivity (Wildman–Crippen MR) is 135 cm³/mol. The molecule has 0 bridgehead atoms. The molecule has 3 aromatic carbocycles. The highest BCUT2D eigenvalue weighted by atomic mass is 35.5. The average molecular weight is 476 g/mol. The molecular weight excluding hydrogens is 453 g/mol. The maximum atomic E-state index is 13.2. The van der Waals surface area contributed by atoms with Gasteiger partial charge in [0.15, 0.2) is 5.82 Å². The maximum Gasteiger partial charge on any atom is 0.255 e. The van der Waals surface area contributed by atoms with Gasteiger partial charge in [0.2, 0.25) is 0 Å². The number of amides is 1. The number of nitrogens with zero attached hydrogens (tertiary/aromatic N) is 2. The largest absolute Gasteiger partial charge is 0.352 e. The Morgan fingerprint density at radius 3 is 2.15 bits per heavy atom. The third-order valence-corrected chi connectivity index (χ3v) is 5.69. The van der Waals surface area contributed by atoms with Crippen LogP contribution in [0.4, 0.5) is 0 Å². The molecule has 1 amide bonds. The first-order valence-electron chi connectivity index (χ1n) is 10.7. The fraction of sp³-hybridized carbons (Fsp3) is 0.148. The molecule has 4 nitrogen and oxygen atoms in total. The van der Waals surface area contributed by atoms with Crippen LogP contribution in [0.2, 0.25) is 10.0 Å². The summed E-state index contributed by atoms with van der Waals surface area (Å²) in [5, 5.41) is 3.98. The lowest BCUT2D eigenvalue weighted by molar-refractivity contribution is 0.0952. The van der Waals surface area contributed by atoms with Crippen molar-refractivity contribution < 1.29 is 4.79 Å². The first-order chi connectivity index (χ1) is 16.0. The van der Waals surface area contributed by atoms with Crippen LogP contribution in [0.3, 0.4) is 0 Å². The zero-order valence-corrected chi connectivity index (χ0v) is 19.7. The summed E-state index contributed by atoms with van der Waals surface area (Å²) in [7, 11) is 0. The van der Waals surface area contributed by atoms with Crippen LogP contribution in [0.25, 0.3) is 22.6 Å². The molecule has 0 aliphatic rings. The summed E-state index contributed by atoms with van der Waals surface area (Å²) in [5.74, 6) is 0.325. The fourth-order valence-electron chi connectivity index (χ4n) is 3.69. The van der Waals surface area contributed by atoms with Gasteiger partial charge >= 0.3 is 0 Å². The molecule has 1 aromatic heterocycles. The van der Waals surface area contributed by atoms with Gasteiger partial charge in [-0.3, -0.25) is 4.79 Å². The summed E-state index contributed by atoms with van der Waals surface area (Å²) in [4.78, 5) is 22.6. The lowest BCUT2D eigenvalue weighted by atomic mass is 10.0. The number of hydrogen-bond acceptors (Lipinski definition) is 3. The monoisotopic (exact) mass is 475 g/mol. The molecule has 0 spiro atoms. The molecule has 0 radical (unpaired) electrons. The highest BCUT2D eigenvalue weighted by molar-refractivity contribution is 6.35. The normalized spacial score (nSPS) is 10.8. The van der Waals surface area contributed by atoms with Crippen molar-refractivity contribution in [2.24, 2.45) is 0 Å². The number of carbonyl (C=O) groups is 1. The van der Waals surface area contributed by atoms with Crippen molar-refractivity contribution in [3.63, 3.8) is 0 Å². The van der Waals surface area contributed by atoms with Gasteiger partial charge in [-0.2, -0.15) is 0 Å². The van der Waals surface area contributed by atoms with E-state index in [2.05, 4.69) is 22.4 Å². The smallest absolute Gasteiger partial charge is 0.255 e. The summed E-state index contributed by atoms with van der Waals surface area (Å²) in [6.07, 6.45) is 1.72. The molecule has 6 heteroatoms. The zero-order chi connectivity index (χ0) is 23.2. The number of rotatable bonds is 7. The molecule has 166 valence electrons. The number of carbonyl (C=O) groups excluding carboxylic acids is 1. The summed E-state index contributed by atoms with van der Waals surface area (Å²) < 4.78 is 0. The van der Waals surface area contributed by atoms with Crippen molar-refractivity contribution in [1.82, 2.24) is 15.3 Å². The second-order valence-electron chi connectivity index (χ2n) is 7.73. The molecule has 4 aromatic rings. The van der Waals surface area contributed by atoms with E-state index >= 15 is 0 Å². The van der Waals surface area contributed by atoms with Crippen LogP contribution in [-0.4, -0.2) is 22.4 Å². The van der Waals surface area contributed by atoms with Crippen molar-refractivity contribution >= 4 is 29.1 Å². The van der Waals surface area contributed by atoms with Crippen molar-refractivity contribution in [3.8, 4) is 22.6 Å². The Bertz CT molecular complexity index is 1240. The number of benzene rings is 3. The molecule has 0 saturated heterocycles. The highest BCUT2D eigenvalue weighted by Gasteiger charge is 2.21. The summed E-state index contributed by atoms with van der Waals surface area (Å²) in [5.41, 5.74) is 4.30. The van der Waals surface area contributed by atoms with Crippen LogP contribution < -0.4 is 5.32 Å². The Hall–Kier alpha value is -3.21. The summed E-state index contributed by atoms with van der Waals surface area (Å²) >= 11 is 12.5. The van der Waals surface area contributed by atoms with Gasteiger partial charge < -0.3 is 5.32 Å². The lowest BCUT2D eigenvalue weighted by Crippen LogP contribution is -2.27. The number of halogens is 2. The molecule has 33 heavy (non-hydrogen) atoms. The molecule has 0 unspecified atom stereocenters. The summed E-state index contributed by atoms with van der Waals surface area (Å²) in [6, 6.07) is 25.0. The van der Waals surface area contributed by atoms with Crippen molar-refractivity contribution in [1.29, 1.82) is 0 Å². The molecule has 1 heterocycles. The molecule has 0 aliphatic carbocycles. The Balaban J connectivity index is 1.65. The van der Waals surface area contributed by atoms with Crippen LogP contribution in [0.1, 0.15) is 28.0 Å². The van der Waals surface area contributed by atoms with Crippen molar-refractivity contribution in [2.75, 3.05) is 6.54 Å². The number of aromatic nitrogens is 2. The SMILES string of the molecule is Cc1nc(-c2ccccc2)nc(-c2cc(Cl)cc(Cl)c2)c1C(=O)NCCCc1ccccc1. The quantitative estimate of drug-likeness (QED) is 0.299. The van der Waals surface area contributed by atoms with Gasteiger partial charge in [0.05, 0.1) is 17.0 Å². The van der Waals surface area contributed by atoms with E-state index in [1.165, 1.54) is 5.56 Å². The number of nitrogens with one attached hydrogen (secondary N) is 1. The van der Waals surface area contributed by atoms with Crippen molar-refractivity contribution in [3.05, 3.63) is 106 Å². The average Bonchev–Trinajstić information content (AvgIpc) is 2.82. The predicted octanol–water partition coefficient (Wildman–Crippen LogP) is 6.79. The summed E-state index contributed by atoms with van der Waals surface area (Å²) in [6.45, 7) is 2.37. The van der Waals surface area contributed by atoms with Gasteiger partial charge in [-0.1, -0.05) is 83.9 Å². The second-order valence-corrected chi connectivity index (χ2v) is 8.60. The molecule has 0 fully saturated rings. The first-order valence-corrected chi connectivity index (χ1v) is 11.5. The van der Waals surface area contributed by atoms with Gasteiger partial charge in [-0.25, -0.2) is 9.97 Å². The highest BCUT2D eigenvalue weighted by Crippen LogP contribution is 2.31. The minimum absolute atomic E-state index is 0.216. The van der Waals surface area contributed by atoms with E-state index in [1.54, 1.807) is 18.2 Å². The van der Waals surface area contributed by atoms with Gasteiger partial charge in [0.1, 0.15) is 0 Å². The molecule has 4 rings (SSSR count). The van der Waals surface area contributed by atoms with E-state index in [9.17, 15) is 4.79 Å². The molecule has 0 saturated carbocycles. The second kappa shape index (κ2) is 10.6. The van der Waals surface area contributed by atoms with E-state index in [0.717, 1.165) is 18.4 Å².